The Kier molecular flexibility index (Phi) is 9.11. The molecule has 2 aliphatic rings. The number of piperazine rings is 2. The van der Waals surface area contributed by atoms with Gasteiger partial charge in [0.1, 0.15) is 0 Å². The van der Waals surface area contributed by atoms with E-state index in [0.29, 0.717) is 12.2 Å². The zero-order chi connectivity index (χ0) is 21.3. The van der Waals surface area contributed by atoms with E-state index in [1.165, 1.54) is 0 Å². The molecule has 0 amide bonds. The second-order valence-corrected chi connectivity index (χ2v) is 8.70. The van der Waals surface area contributed by atoms with Crippen molar-refractivity contribution in [3.8, 4) is 0 Å². The van der Waals surface area contributed by atoms with E-state index in [1.807, 2.05) is 12.4 Å². The van der Waals surface area contributed by atoms with Gasteiger partial charge in [-0.25, -0.2) is 9.97 Å². The van der Waals surface area contributed by atoms with Crippen LogP contribution in [0.15, 0.2) is 12.4 Å². The van der Waals surface area contributed by atoms with Crippen LogP contribution in [0, 0.1) is 0 Å². The summed E-state index contributed by atoms with van der Waals surface area (Å²) in [6.07, 6.45) is 4.25. The fourth-order valence-electron chi connectivity index (χ4n) is 3.97. The summed E-state index contributed by atoms with van der Waals surface area (Å²) in [4.78, 5) is 19.2. The van der Waals surface area contributed by atoms with Crippen LogP contribution in [0.2, 0.25) is 0 Å². The molecule has 0 bridgehead atoms. The number of ether oxygens (including phenoxy) is 2. The van der Waals surface area contributed by atoms with Crippen molar-refractivity contribution < 1.29 is 9.47 Å². The molecule has 2 fully saturated rings. The molecule has 8 heteroatoms. The highest BCUT2D eigenvalue weighted by Gasteiger charge is 2.25. The Bertz CT molecular complexity index is 560. The van der Waals surface area contributed by atoms with Gasteiger partial charge in [0.05, 0.1) is 25.4 Å². The predicted octanol–water partition coefficient (Wildman–Crippen LogP) is 1.57. The topological polar surface area (TPSA) is 57.2 Å². The van der Waals surface area contributed by atoms with Crippen molar-refractivity contribution in [2.24, 2.45) is 0 Å². The molecule has 0 radical (unpaired) electrons. The summed E-state index contributed by atoms with van der Waals surface area (Å²) in [6.45, 7) is 20.1. The summed E-state index contributed by atoms with van der Waals surface area (Å²) >= 11 is 0. The molecule has 0 unspecified atom stereocenters. The smallest absolute Gasteiger partial charge is 0.172 e. The van der Waals surface area contributed by atoms with Gasteiger partial charge in [-0.15, -0.1) is 0 Å². The highest BCUT2D eigenvalue weighted by molar-refractivity contribution is 5.62. The number of anilines is 2. The Balaban J connectivity index is 1.49. The first kappa shape index (κ1) is 23.2. The van der Waals surface area contributed by atoms with Gasteiger partial charge in [-0.3, -0.25) is 9.80 Å². The summed E-state index contributed by atoms with van der Waals surface area (Å²) in [5, 5.41) is 0. The second-order valence-electron chi connectivity index (χ2n) is 8.70. The lowest BCUT2D eigenvalue weighted by Crippen LogP contribution is -2.50. The van der Waals surface area contributed by atoms with Crippen molar-refractivity contribution in [1.29, 1.82) is 0 Å². The third-order valence-corrected chi connectivity index (χ3v) is 5.72. The molecule has 1 aromatic rings. The van der Waals surface area contributed by atoms with Gasteiger partial charge >= 0.3 is 0 Å². The zero-order valence-corrected chi connectivity index (χ0v) is 19.3. The molecule has 3 rings (SSSR count). The van der Waals surface area contributed by atoms with Gasteiger partial charge in [-0.1, -0.05) is 0 Å². The average Bonchev–Trinajstić information content (AvgIpc) is 2.74. The third kappa shape index (κ3) is 7.04. The molecule has 1 aromatic heterocycles. The van der Waals surface area contributed by atoms with Crippen molar-refractivity contribution in [2.75, 3.05) is 88.5 Å². The Labute approximate surface area is 182 Å². The lowest BCUT2D eigenvalue weighted by molar-refractivity contribution is 0.0575. The standard InChI is InChI=1S/C22H40N6O2/c1-19(2)29-17-15-25-7-11-27(12-8-25)21-22(24-6-5-23-21)28-13-9-26(10-14-28)16-18-30-20(3)4/h5-6,19-20H,7-18H2,1-4H3. The maximum absolute atomic E-state index is 5.70. The molecule has 8 nitrogen and oxygen atoms in total. The lowest BCUT2D eigenvalue weighted by atomic mass is 10.2. The first-order valence-electron chi connectivity index (χ1n) is 11.5. The van der Waals surface area contributed by atoms with Crippen LogP contribution in [-0.4, -0.2) is 111 Å². The minimum Gasteiger partial charge on any atom is -0.377 e. The summed E-state index contributed by atoms with van der Waals surface area (Å²) < 4.78 is 11.4. The Hall–Kier alpha value is -1.48. The molecule has 0 spiro atoms. The van der Waals surface area contributed by atoms with Crippen LogP contribution in [0.5, 0.6) is 0 Å². The van der Waals surface area contributed by atoms with Crippen molar-refractivity contribution in [2.45, 2.75) is 39.9 Å². The van der Waals surface area contributed by atoms with E-state index >= 15 is 0 Å². The number of nitrogens with zero attached hydrogens (tertiary/aromatic N) is 6. The molecule has 30 heavy (non-hydrogen) atoms. The fraction of sp³-hybridized carbons (Fsp3) is 0.818. The molecule has 2 aliphatic heterocycles. The van der Waals surface area contributed by atoms with E-state index in [9.17, 15) is 0 Å². The SMILES string of the molecule is CC(C)OCCN1CCN(c2nccnc2N2CCN(CCOC(C)C)CC2)CC1. The number of hydrogen-bond acceptors (Lipinski definition) is 8. The van der Waals surface area contributed by atoms with E-state index in [2.05, 4.69) is 47.3 Å². The summed E-state index contributed by atoms with van der Waals surface area (Å²) in [7, 11) is 0. The van der Waals surface area contributed by atoms with Crippen molar-refractivity contribution in [3.05, 3.63) is 12.4 Å². The van der Waals surface area contributed by atoms with E-state index in [4.69, 9.17) is 19.4 Å². The molecule has 0 aromatic carbocycles. The number of aromatic nitrogens is 2. The van der Waals surface area contributed by atoms with Crippen LogP contribution in [-0.2, 0) is 9.47 Å². The first-order chi connectivity index (χ1) is 14.5. The van der Waals surface area contributed by atoms with Gasteiger partial charge < -0.3 is 19.3 Å². The first-order valence-corrected chi connectivity index (χ1v) is 11.5. The van der Waals surface area contributed by atoms with E-state index in [0.717, 1.165) is 90.3 Å². The molecule has 170 valence electrons. The van der Waals surface area contributed by atoms with Gasteiger partial charge in [-0.2, -0.15) is 0 Å². The largest absolute Gasteiger partial charge is 0.377 e. The second kappa shape index (κ2) is 11.8. The molecule has 0 N–H and O–H groups in total. The lowest BCUT2D eigenvalue weighted by Gasteiger charge is -2.39. The molecule has 0 aliphatic carbocycles. The number of hydrogen-bond donors (Lipinski definition) is 0. The van der Waals surface area contributed by atoms with Crippen LogP contribution in [0.1, 0.15) is 27.7 Å². The number of rotatable bonds is 10. The maximum atomic E-state index is 5.70. The molecule has 0 saturated carbocycles. The quantitative estimate of drug-likeness (QED) is 0.565. The van der Waals surface area contributed by atoms with Crippen LogP contribution >= 0.6 is 0 Å². The molecule has 2 saturated heterocycles. The summed E-state index contributed by atoms with van der Waals surface area (Å²) in [6, 6.07) is 0. The Morgan fingerprint density at radius 2 is 1.03 bits per heavy atom. The third-order valence-electron chi connectivity index (χ3n) is 5.72. The zero-order valence-electron chi connectivity index (χ0n) is 19.3. The summed E-state index contributed by atoms with van der Waals surface area (Å²) in [5.74, 6) is 2.07. The van der Waals surface area contributed by atoms with E-state index < -0.39 is 0 Å². The van der Waals surface area contributed by atoms with Crippen molar-refractivity contribution in [1.82, 2.24) is 19.8 Å². The van der Waals surface area contributed by atoms with Gasteiger partial charge in [0.2, 0.25) is 0 Å². The Morgan fingerprint density at radius 1 is 0.667 bits per heavy atom. The molecular weight excluding hydrogens is 380 g/mol. The fourth-order valence-corrected chi connectivity index (χ4v) is 3.97. The maximum Gasteiger partial charge on any atom is 0.172 e. The van der Waals surface area contributed by atoms with Crippen LogP contribution in [0.4, 0.5) is 11.6 Å². The van der Waals surface area contributed by atoms with Gasteiger partial charge in [-0.05, 0) is 27.7 Å². The highest BCUT2D eigenvalue weighted by Crippen LogP contribution is 2.26. The van der Waals surface area contributed by atoms with Gasteiger partial charge in [0.25, 0.3) is 0 Å². The van der Waals surface area contributed by atoms with E-state index in [-0.39, 0.29) is 0 Å². The molecule has 3 heterocycles. The molecule has 0 atom stereocenters. The van der Waals surface area contributed by atoms with Crippen molar-refractivity contribution in [3.63, 3.8) is 0 Å². The van der Waals surface area contributed by atoms with Crippen LogP contribution in [0.3, 0.4) is 0 Å². The minimum atomic E-state index is 0.302. The van der Waals surface area contributed by atoms with Gasteiger partial charge in [0, 0.05) is 77.8 Å². The van der Waals surface area contributed by atoms with Crippen LogP contribution < -0.4 is 9.80 Å². The minimum absolute atomic E-state index is 0.302. The normalized spacial score (nSPS) is 19.3. The predicted molar refractivity (Wildman–Crippen MR) is 122 cm³/mol. The monoisotopic (exact) mass is 420 g/mol. The van der Waals surface area contributed by atoms with Crippen molar-refractivity contribution >= 4 is 11.6 Å². The van der Waals surface area contributed by atoms with E-state index in [1.54, 1.807) is 0 Å². The average molecular weight is 421 g/mol. The highest BCUT2D eigenvalue weighted by atomic mass is 16.5. The van der Waals surface area contributed by atoms with Gasteiger partial charge in [0.15, 0.2) is 11.6 Å². The Morgan fingerprint density at radius 3 is 1.37 bits per heavy atom. The molecular formula is C22H40N6O2. The summed E-state index contributed by atoms with van der Waals surface area (Å²) in [5.41, 5.74) is 0. The van der Waals surface area contributed by atoms with Crippen LogP contribution in [0.25, 0.3) is 0 Å².